The number of aryl methyl sites for hydroxylation is 3. The molecule has 4 aromatic carbocycles. The summed E-state index contributed by atoms with van der Waals surface area (Å²) < 4.78 is 0. The molecule has 5 rings (SSSR count). The zero-order chi connectivity index (χ0) is 33.6. The molecule has 0 saturated heterocycles. The number of ketones is 1. The predicted molar refractivity (Wildman–Crippen MR) is 194 cm³/mol. The van der Waals surface area contributed by atoms with Crippen LogP contribution in [0.2, 0.25) is 0 Å². The molecule has 5 aromatic rings. The molecule has 1 aromatic heterocycles. The van der Waals surface area contributed by atoms with Gasteiger partial charge in [-0.25, -0.2) is 4.98 Å². The van der Waals surface area contributed by atoms with Crippen LogP contribution in [-0.4, -0.2) is 20.9 Å². The minimum atomic E-state index is -0.337. The fourth-order valence-electron chi connectivity index (χ4n) is 5.76. The molecule has 47 heavy (non-hydrogen) atoms. The first-order valence-corrected chi connectivity index (χ1v) is 16.6. The Morgan fingerprint density at radius 3 is 1.98 bits per heavy atom. The summed E-state index contributed by atoms with van der Waals surface area (Å²) in [5.41, 5.74) is 7.15. The van der Waals surface area contributed by atoms with Crippen LogP contribution in [0.1, 0.15) is 84.2 Å². The van der Waals surface area contributed by atoms with E-state index in [-0.39, 0.29) is 42.5 Å². The van der Waals surface area contributed by atoms with Crippen molar-refractivity contribution in [2.45, 2.75) is 88.0 Å². The van der Waals surface area contributed by atoms with Crippen molar-refractivity contribution in [3.63, 3.8) is 0 Å². The van der Waals surface area contributed by atoms with Gasteiger partial charge in [-0.3, -0.25) is 9.78 Å². The number of fused-ring (bicyclic) bond motifs is 3. The van der Waals surface area contributed by atoms with Crippen molar-refractivity contribution in [2.75, 3.05) is 0 Å². The van der Waals surface area contributed by atoms with Gasteiger partial charge in [-0.05, 0) is 66.3 Å². The zero-order valence-electron chi connectivity index (χ0n) is 29.4. The van der Waals surface area contributed by atoms with Crippen LogP contribution in [0.5, 0.6) is 0 Å². The number of aliphatic hydroxyl groups is 1. The van der Waals surface area contributed by atoms with Crippen molar-refractivity contribution in [2.24, 2.45) is 10.8 Å². The van der Waals surface area contributed by atoms with Crippen LogP contribution in [0.3, 0.4) is 0 Å². The van der Waals surface area contributed by atoms with Crippen molar-refractivity contribution in [3.8, 4) is 22.4 Å². The minimum Gasteiger partial charge on any atom is -0.512 e. The Labute approximate surface area is 295 Å². The third-order valence-electron chi connectivity index (χ3n) is 9.91. The molecule has 1 N–H and O–H groups in total. The van der Waals surface area contributed by atoms with Crippen LogP contribution in [0.4, 0.5) is 0 Å². The van der Waals surface area contributed by atoms with Gasteiger partial charge in [0, 0.05) is 42.4 Å². The van der Waals surface area contributed by atoms with Crippen LogP contribution in [0.25, 0.3) is 44.1 Å². The van der Waals surface area contributed by atoms with Gasteiger partial charge in [0.1, 0.15) is 11.6 Å². The summed E-state index contributed by atoms with van der Waals surface area (Å²) in [6.07, 6.45) is 4.75. The molecule has 4 nitrogen and oxygen atoms in total. The normalized spacial score (nSPS) is 12.0. The SMILES string of the molecule is CCC(C)(CC)C(=O)/C=C(\O)C(C)(CC)CC.Cc1[c-]c(-c2nc(C)nc3c2ccc2cc(-c4ccccc4)ccc23)cc(C)c1.[Ir]. The second-order valence-electron chi connectivity index (χ2n) is 13.1. The van der Waals surface area contributed by atoms with Crippen LogP contribution in [0.15, 0.2) is 84.6 Å². The van der Waals surface area contributed by atoms with Crippen molar-refractivity contribution in [3.05, 3.63) is 108 Å². The molecule has 0 aliphatic carbocycles. The van der Waals surface area contributed by atoms with Crippen LogP contribution in [-0.2, 0) is 24.9 Å². The van der Waals surface area contributed by atoms with Gasteiger partial charge < -0.3 is 5.11 Å². The number of rotatable bonds is 9. The summed E-state index contributed by atoms with van der Waals surface area (Å²) in [7, 11) is 0. The number of hydrogen-bond donors (Lipinski definition) is 1. The molecule has 0 spiro atoms. The Kier molecular flexibility index (Phi) is 12.8. The van der Waals surface area contributed by atoms with E-state index in [4.69, 9.17) is 9.97 Å². The van der Waals surface area contributed by atoms with Gasteiger partial charge in [0.05, 0.1) is 5.52 Å². The Hall–Kier alpha value is -3.66. The first-order valence-electron chi connectivity index (χ1n) is 16.6. The van der Waals surface area contributed by atoms with Crippen molar-refractivity contribution < 1.29 is 30.0 Å². The van der Waals surface area contributed by atoms with E-state index in [9.17, 15) is 9.90 Å². The molecule has 1 heterocycles. The van der Waals surface area contributed by atoms with Crippen molar-refractivity contribution >= 4 is 27.5 Å². The first kappa shape index (κ1) is 37.8. The van der Waals surface area contributed by atoms with Gasteiger partial charge in [-0.2, -0.15) is 0 Å². The number of nitrogens with zero attached hydrogens (tertiary/aromatic N) is 2. The van der Waals surface area contributed by atoms with Crippen LogP contribution < -0.4 is 0 Å². The average molecular weight is 806 g/mol. The van der Waals surface area contributed by atoms with E-state index in [1.807, 2.05) is 54.5 Å². The molecule has 0 unspecified atom stereocenters. The number of benzene rings is 4. The smallest absolute Gasteiger partial charge is 0.164 e. The quantitative estimate of drug-likeness (QED) is 0.0697. The molecule has 0 aliphatic rings. The standard InChI is InChI=1S/C27H21N2.C15H28O2.Ir/c1-17-13-18(2)15-23(14-17)26-25-12-10-22-16-21(20-7-5-4-6-8-20)9-11-24(22)27(25)29-19(3)28-26;1-7-14(5,8-2)12(16)11-13(17)15(6,9-3)10-4;/h4-14,16H,1-3H3;11,16H,7-10H2,1-6H3;/q-1;;/b;12-11-;. The summed E-state index contributed by atoms with van der Waals surface area (Å²) in [4.78, 5) is 21.8. The van der Waals surface area contributed by atoms with Gasteiger partial charge in [0.15, 0.2) is 5.78 Å². The summed E-state index contributed by atoms with van der Waals surface area (Å²) >= 11 is 0. The summed E-state index contributed by atoms with van der Waals surface area (Å²) in [5.74, 6) is 1.06. The van der Waals surface area contributed by atoms with E-state index >= 15 is 0 Å². The van der Waals surface area contributed by atoms with E-state index in [1.54, 1.807) is 0 Å². The maximum atomic E-state index is 12.2. The third-order valence-corrected chi connectivity index (χ3v) is 9.91. The molecule has 249 valence electrons. The largest absolute Gasteiger partial charge is 0.512 e. The molecular weight excluding hydrogens is 757 g/mol. The summed E-state index contributed by atoms with van der Waals surface area (Å²) in [5, 5.41) is 13.5. The van der Waals surface area contributed by atoms with Gasteiger partial charge in [0.25, 0.3) is 0 Å². The summed E-state index contributed by atoms with van der Waals surface area (Å²) in [6, 6.07) is 29.2. The van der Waals surface area contributed by atoms with Gasteiger partial charge in [-0.1, -0.05) is 110 Å². The Balaban J connectivity index is 0.000000290. The van der Waals surface area contributed by atoms with E-state index in [0.717, 1.165) is 64.6 Å². The second-order valence-corrected chi connectivity index (χ2v) is 13.1. The molecule has 0 saturated carbocycles. The topological polar surface area (TPSA) is 63.1 Å². The monoisotopic (exact) mass is 806 g/mol. The van der Waals surface area contributed by atoms with Gasteiger partial charge in [0.2, 0.25) is 0 Å². The maximum Gasteiger partial charge on any atom is 0.164 e. The molecule has 0 fully saturated rings. The third kappa shape index (κ3) is 8.44. The van der Waals surface area contributed by atoms with Crippen LogP contribution in [0, 0.1) is 37.7 Å². The molecule has 0 aliphatic heterocycles. The number of hydrogen-bond acceptors (Lipinski definition) is 4. The molecule has 1 radical (unpaired) electrons. The maximum absolute atomic E-state index is 12.2. The fourth-order valence-corrected chi connectivity index (χ4v) is 5.76. The number of carbonyl (C=O) groups excluding carboxylic acids is 1. The average Bonchev–Trinajstić information content (AvgIpc) is 3.06. The van der Waals surface area contributed by atoms with Crippen molar-refractivity contribution in [1.29, 1.82) is 0 Å². The summed E-state index contributed by atoms with van der Waals surface area (Å²) in [6.45, 7) is 18.2. The number of allylic oxidation sites excluding steroid dienone is 2. The number of aliphatic hydroxyl groups excluding tert-OH is 1. The zero-order valence-corrected chi connectivity index (χ0v) is 31.8. The van der Waals surface area contributed by atoms with E-state index in [2.05, 4.69) is 86.6 Å². The molecule has 5 heteroatoms. The Morgan fingerprint density at radius 2 is 1.38 bits per heavy atom. The van der Waals surface area contributed by atoms with E-state index < -0.39 is 0 Å². The molecule has 0 bridgehead atoms. The van der Waals surface area contributed by atoms with Gasteiger partial charge >= 0.3 is 0 Å². The Morgan fingerprint density at radius 1 is 0.766 bits per heavy atom. The molecular formula is C42H49IrN2O2-. The fraction of sp³-hybridized carbons (Fsp3) is 0.357. The minimum absolute atomic E-state index is 0. The molecule has 0 atom stereocenters. The first-order chi connectivity index (χ1) is 21.9. The van der Waals surface area contributed by atoms with Crippen LogP contribution >= 0.6 is 0 Å². The molecule has 0 amide bonds. The van der Waals surface area contributed by atoms with Crippen molar-refractivity contribution in [1.82, 2.24) is 9.97 Å². The van der Waals surface area contributed by atoms with E-state index in [1.165, 1.54) is 28.2 Å². The second kappa shape index (κ2) is 16.0. The number of carbonyl (C=O) groups is 1. The predicted octanol–water partition coefficient (Wildman–Crippen LogP) is 11.5. The Bertz CT molecular complexity index is 1850. The van der Waals surface area contributed by atoms with Gasteiger partial charge in [-0.15, -0.1) is 34.9 Å². The van der Waals surface area contributed by atoms with E-state index in [0.29, 0.717) is 0 Å². The number of aromatic nitrogens is 2.